The number of rotatable bonds is 7. The van der Waals surface area contributed by atoms with E-state index in [0.717, 1.165) is 19.0 Å². The number of hydrogen-bond acceptors (Lipinski definition) is 3. The summed E-state index contributed by atoms with van der Waals surface area (Å²) < 4.78 is 5.22. The molecule has 5 heteroatoms. The van der Waals surface area contributed by atoms with Crippen molar-refractivity contribution in [2.75, 3.05) is 19.6 Å². The molecule has 0 aliphatic heterocycles. The molecule has 5 nitrogen and oxygen atoms in total. The highest BCUT2D eigenvalue weighted by atomic mass is 16.4. The number of furan rings is 1. The SMILES string of the molecule is CCNC(=NCC1(c2ccccc2)CC1)NCC(O)c1ccco1. The van der Waals surface area contributed by atoms with Crippen molar-refractivity contribution < 1.29 is 9.52 Å². The molecule has 24 heavy (non-hydrogen) atoms. The summed E-state index contributed by atoms with van der Waals surface area (Å²) in [7, 11) is 0. The highest BCUT2D eigenvalue weighted by molar-refractivity contribution is 5.79. The second-order valence-corrected chi connectivity index (χ2v) is 6.25. The molecule has 1 unspecified atom stereocenters. The molecule has 1 aromatic carbocycles. The zero-order valence-electron chi connectivity index (χ0n) is 14.0. The number of aliphatic hydroxyl groups excluding tert-OH is 1. The van der Waals surface area contributed by atoms with Crippen LogP contribution in [-0.4, -0.2) is 30.7 Å². The fraction of sp³-hybridized carbons (Fsp3) is 0.421. The van der Waals surface area contributed by atoms with Gasteiger partial charge in [0.05, 0.1) is 19.4 Å². The van der Waals surface area contributed by atoms with Crippen LogP contribution in [0.15, 0.2) is 58.1 Å². The van der Waals surface area contributed by atoms with Crippen LogP contribution >= 0.6 is 0 Å². The molecule has 3 N–H and O–H groups in total. The maximum Gasteiger partial charge on any atom is 0.191 e. The maximum atomic E-state index is 10.1. The van der Waals surface area contributed by atoms with E-state index in [2.05, 4.69) is 34.9 Å². The van der Waals surface area contributed by atoms with Crippen LogP contribution in [0.25, 0.3) is 0 Å². The lowest BCUT2D eigenvalue weighted by Gasteiger charge is -2.17. The van der Waals surface area contributed by atoms with E-state index in [0.29, 0.717) is 12.3 Å². The molecular formula is C19H25N3O2. The number of nitrogens with zero attached hydrogens (tertiary/aromatic N) is 1. The van der Waals surface area contributed by atoms with Crippen LogP contribution in [0.5, 0.6) is 0 Å². The average Bonchev–Trinajstić information content (AvgIpc) is 3.21. The van der Waals surface area contributed by atoms with Gasteiger partial charge in [-0.2, -0.15) is 0 Å². The van der Waals surface area contributed by atoms with E-state index in [1.807, 2.05) is 13.0 Å². The zero-order chi connectivity index (χ0) is 16.8. The Hall–Kier alpha value is -2.27. The van der Waals surface area contributed by atoms with Gasteiger partial charge in [0.1, 0.15) is 11.9 Å². The molecular weight excluding hydrogens is 302 g/mol. The van der Waals surface area contributed by atoms with Gasteiger partial charge in [0, 0.05) is 12.0 Å². The minimum absolute atomic E-state index is 0.184. The lowest BCUT2D eigenvalue weighted by atomic mass is 9.96. The molecule has 1 atom stereocenters. The van der Waals surface area contributed by atoms with E-state index in [9.17, 15) is 5.11 Å². The molecule has 1 aromatic heterocycles. The molecule has 1 aliphatic carbocycles. The Balaban J connectivity index is 1.60. The highest BCUT2D eigenvalue weighted by Crippen LogP contribution is 2.48. The van der Waals surface area contributed by atoms with Gasteiger partial charge < -0.3 is 20.2 Å². The minimum atomic E-state index is -0.687. The summed E-state index contributed by atoms with van der Waals surface area (Å²) in [5.74, 6) is 1.28. The van der Waals surface area contributed by atoms with Crippen molar-refractivity contribution in [3.05, 3.63) is 60.1 Å². The highest BCUT2D eigenvalue weighted by Gasteiger charge is 2.43. The van der Waals surface area contributed by atoms with E-state index in [1.165, 1.54) is 18.4 Å². The monoisotopic (exact) mass is 327 g/mol. The summed E-state index contributed by atoms with van der Waals surface area (Å²) in [6, 6.07) is 14.1. The van der Waals surface area contributed by atoms with Gasteiger partial charge in [-0.3, -0.25) is 4.99 Å². The van der Waals surface area contributed by atoms with Crippen LogP contribution in [0.1, 0.15) is 37.2 Å². The summed E-state index contributed by atoms with van der Waals surface area (Å²) in [5.41, 5.74) is 1.55. The molecule has 1 aliphatic rings. The van der Waals surface area contributed by atoms with Crippen LogP contribution in [-0.2, 0) is 5.41 Å². The van der Waals surface area contributed by atoms with Gasteiger partial charge in [0.15, 0.2) is 5.96 Å². The van der Waals surface area contributed by atoms with Crippen molar-refractivity contribution in [2.24, 2.45) is 4.99 Å². The van der Waals surface area contributed by atoms with Crippen molar-refractivity contribution in [1.29, 1.82) is 0 Å². The molecule has 1 saturated carbocycles. The Morgan fingerprint density at radius 2 is 2.00 bits per heavy atom. The Morgan fingerprint density at radius 1 is 1.21 bits per heavy atom. The lowest BCUT2D eigenvalue weighted by molar-refractivity contribution is 0.153. The second kappa shape index (κ2) is 7.53. The molecule has 0 bridgehead atoms. The van der Waals surface area contributed by atoms with Gasteiger partial charge in [-0.05, 0) is 37.5 Å². The normalized spacial score (nSPS) is 17.3. The largest absolute Gasteiger partial charge is 0.467 e. The third kappa shape index (κ3) is 3.97. The Bertz CT molecular complexity index is 649. The van der Waals surface area contributed by atoms with E-state index in [-0.39, 0.29) is 5.41 Å². The number of benzene rings is 1. The summed E-state index contributed by atoms with van der Waals surface area (Å²) in [6.45, 7) is 3.92. The third-order valence-corrected chi connectivity index (χ3v) is 4.46. The molecule has 1 heterocycles. The van der Waals surface area contributed by atoms with E-state index in [4.69, 9.17) is 9.41 Å². The molecule has 1 fully saturated rings. The molecule has 3 rings (SSSR count). The summed E-state index contributed by atoms with van der Waals surface area (Å²) in [6.07, 6.45) is 3.23. The zero-order valence-corrected chi connectivity index (χ0v) is 14.0. The quantitative estimate of drug-likeness (QED) is 0.540. The molecule has 0 spiro atoms. The predicted octanol–water partition coefficient (Wildman–Crippen LogP) is 2.60. The van der Waals surface area contributed by atoms with E-state index < -0.39 is 6.10 Å². The summed E-state index contributed by atoms with van der Waals surface area (Å²) in [4.78, 5) is 4.73. The van der Waals surface area contributed by atoms with Crippen LogP contribution in [0.4, 0.5) is 0 Å². The smallest absolute Gasteiger partial charge is 0.191 e. The summed E-state index contributed by atoms with van der Waals surface area (Å²) >= 11 is 0. The number of aliphatic hydroxyl groups is 1. The second-order valence-electron chi connectivity index (χ2n) is 6.25. The van der Waals surface area contributed by atoms with Crippen LogP contribution < -0.4 is 10.6 Å². The van der Waals surface area contributed by atoms with Crippen molar-refractivity contribution in [3.63, 3.8) is 0 Å². The van der Waals surface area contributed by atoms with Crippen molar-refractivity contribution in [3.8, 4) is 0 Å². The first-order chi connectivity index (χ1) is 11.7. The molecule has 0 amide bonds. The van der Waals surface area contributed by atoms with Crippen molar-refractivity contribution >= 4 is 5.96 Å². The Labute approximate surface area is 142 Å². The molecule has 2 aromatic rings. The predicted molar refractivity (Wildman–Crippen MR) is 95.0 cm³/mol. The first-order valence-electron chi connectivity index (χ1n) is 8.53. The van der Waals surface area contributed by atoms with Crippen LogP contribution in [0.2, 0.25) is 0 Å². The number of guanidine groups is 1. The van der Waals surface area contributed by atoms with Gasteiger partial charge in [-0.1, -0.05) is 30.3 Å². The Morgan fingerprint density at radius 3 is 2.62 bits per heavy atom. The maximum absolute atomic E-state index is 10.1. The number of hydrogen-bond donors (Lipinski definition) is 3. The van der Waals surface area contributed by atoms with Gasteiger partial charge >= 0.3 is 0 Å². The van der Waals surface area contributed by atoms with Gasteiger partial charge in [0.2, 0.25) is 0 Å². The van der Waals surface area contributed by atoms with Crippen LogP contribution in [0, 0.1) is 0 Å². The number of aliphatic imine (C=N–C) groups is 1. The van der Waals surface area contributed by atoms with Gasteiger partial charge in [-0.15, -0.1) is 0 Å². The van der Waals surface area contributed by atoms with E-state index >= 15 is 0 Å². The fourth-order valence-corrected chi connectivity index (χ4v) is 2.83. The first kappa shape index (κ1) is 16.6. The topological polar surface area (TPSA) is 69.8 Å². The van der Waals surface area contributed by atoms with Gasteiger partial charge in [0.25, 0.3) is 0 Å². The van der Waals surface area contributed by atoms with Crippen molar-refractivity contribution in [1.82, 2.24) is 10.6 Å². The van der Waals surface area contributed by atoms with Crippen LogP contribution in [0.3, 0.4) is 0 Å². The molecule has 0 saturated heterocycles. The van der Waals surface area contributed by atoms with E-state index in [1.54, 1.807) is 18.4 Å². The average molecular weight is 327 g/mol. The lowest BCUT2D eigenvalue weighted by Crippen LogP contribution is -2.40. The number of nitrogens with one attached hydrogen (secondary N) is 2. The first-order valence-corrected chi connectivity index (χ1v) is 8.53. The third-order valence-electron chi connectivity index (χ3n) is 4.46. The Kier molecular flexibility index (Phi) is 5.20. The molecule has 128 valence electrons. The van der Waals surface area contributed by atoms with Crippen molar-refractivity contribution in [2.45, 2.75) is 31.3 Å². The van der Waals surface area contributed by atoms with Gasteiger partial charge in [-0.25, -0.2) is 0 Å². The fourth-order valence-electron chi connectivity index (χ4n) is 2.83. The summed E-state index contributed by atoms with van der Waals surface area (Å²) in [5, 5.41) is 16.5. The molecule has 0 radical (unpaired) electrons. The minimum Gasteiger partial charge on any atom is -0.467 e. The standard InChI is InChI=1S/C19H25N3O2/c1-2-20-18(21-13-16(23)17-9-6-12-24-17)22-14-19(10-11-19)15-7-4-3-5-8-15/h3-9,12,16,23H,2,10-11,13-14H2,1H3,(H2,20,21,22).